The van der Waals surface area contributed by atoms with E-state index in [-0.39, 0.29) is 12.5 Å². The Kier molecular flexibility index (Phi) is 6.22. The van der Waals surface area contributed by atoms with Gasteiger partial charge in [-0.2, -0.15) is 0 Å². The van der Waals surface area contributed by atoms with E-state index in [0.717, 1.165) is 11.3 Å². The lowest BCUT2D eigenvalue weighted by Crippen LogP contribution is -2.28. The van der Waals surface area contributed by atoms with Gasteiger partial charge in [-0.3, -0.25) is 4.79 Å². The van der Waals surface area contributed by atoms with E-state index in [2.05, 4.69) is 15.5 Å². The number of nitrogens with zero attached hydrogens (tertiary/aromatic N) is 2. The highest BCUT2D eigenvalue weighted by atomic mass is 35.5. The zero-order valence-corrected chi connectivity index (χ0v) is 15.4. The van der Waals surface area contributed by atoms with Crippen LogP contribution >= 0.6 is 11.6 Å². The number of halogens is 1. The summed E-state index contributed by atoms with van der Waals surface area (Å²) in [6, 6.07) is 18.2. The van der Waals surface area contributed by atoms with Gasteiger partial charge >= 0.3 is 0 Å². The standard InChI is InChI=1S/C20H18ClN3O3/c1-26-18-9-7-15(21)13-16(18)20(25)22-11-12-27-19-10-8-17(23-24-19)14-5-3-2-4-6-14/h2-10,13H,11-12H2,1H3,(H,22,25). The highest BCUT2D eigenvalue weighted by Gasteiger charge is 2.12. The lowest BCUT2D eigenvalue weighted by molar-refractivity contribution is 0.0943. The second-order valence-electron chi connectivity index (χ2n) is 5.57. The molecule has 1 N–H and O–H groups in total. The Morgan fingerprint density at radius 3 is 2.59 bits per heavy atom. The number of hydrogen-bond donors (Lipinski definition) is 1. The molecule has 2 aromatic carbocycles. The predicted molar refractivity (Wildman–Crippen MR) is 103 cm³/mol. The van der Waals surface area contributed by atoms with Crippen molar-refractivity contribution in [2.45, 2.75) is 0 Å². The fourth-order valence-corrected chi connectivity index (χ4v) is 2.61. The largest absolute Gasteiger partial charge is 0.496 e. The van der Waals surface area contributed by atoms with Crippen molar-refractivity contribution in [3.63, 3.8) is 0 Å². The Morgan fingerprint density at radius 1 is 1.07 bits per heavy atom. The number of ether oxygens (including phenoxy) is 2. The molecular formula is C20H18ClN3O3. The second-order valence-corrected chi connectivity index (χ2v) is 6.01. The van der Waals surface area contributed by atoms with Crippen LogP contribution in [-0.4, -0.2) is 36.4 Å². The van der Waals surface area contributed by atoms with Gasteiger partial charge in [0.15, 0.2) is 0 Å². The third kappa shape index (κ3) is 4.95. The quantitative estimate of drug-likeness (QED) is 0.631. The van der Waals surface area contributed by atoms with Gasteiger partial charge in [-0.1, -0.05) is 41.9 Å². The highest BCUT2D eigenvalue weighted by Crippen LogP contribution is 2.22. The number of benzene rings is 2. The number of nitrogens with one attached hydrogen (secondary N) is 1. The maximum Gasteiger partial charge on any atom is 0.255 e. The number of carbonyl (C=O) groups is 1. The van der Waals surface area contributed by atoms with Crippen LogP contribution in [-0.2, 0) is 0 Å². The molecule has 3 rings (SSSR count). The maximum atomic E-state index is 12.3. The summed E-state index contributed by atoms with van der Waals surface area (Å²) in [6.07, 6.45) is 0. The van der Waals surface area contributed by atoms with Crippen molar-refractivity contribution in [1.29, 1.82) is 0 Å². The van der Waals surface area contributed by atoms with Crippen LogP contribution in [0, 0.1) is 0 Å². The van der Waals surface area contributed by atoms with E-state index in [1.165, 1.54) is 7.11 Å². The SMILES string of the molecule is COc1ccc(Cl)cc1C(=O)NCCOc1ccc(-c2ccccc2)nn1. The van der Waals surface area contributed by atoms with Gasteiger partial charge in [0.05, 0.1) is 24.9 Å². The minimum Gasteiger partial charge on any atom is -0.496 e. The zero-order chi connectivity index (χ0) is 19.1. The average Bonchev–Trinajstić information content (AvgIpc) is 2.72. The van der Waals surface area contributed by atoms with Crippen LogP contribution in [0.4, 0.5) is 0 Å². The lowest BCUT2D eigenvalue weighted by Gasteiger charge is -2.10. The minimum absolute atomic E-state index is 0.258. The lowest BCUT2D eigenvalue weighted by atomic mass is 10.1. The van der Waals surface area contributed by atoms with E-state index in [4.69, 9.17) is 21.1 Å². The molecule has 0 fully saturated rings. The van der Waals surface area contributed by atoms with Gasteiger partial charge in [0.2, 0.25) is 5.88 Å². The Labute approximate surface area is 162 Å². The minimum atomic E-state index is -0.288. The van der Waals surface area contributed by atoms with Gasteiger partial charge in [0.25, 0.3) is 5.91 Å². The molecule has 0 aliphatic carbocycles. The molecule has 1 amide bonds. The van der Waals surface area contributed by atoms with Crippen molar-refractivity contribution in [2.24, 2.45) is 0 Å². The van der Waals surface area contributed by atoms with Crippen LogP contribution in [0.3, 0.4) is 0 Å². The number of rotatable bonds is 7. The maximum absolute atomic E-state index is 12.3. The third-order valence-corrected chi connectivity index (χ3v) is 3.99. The van der Waals surface area contributed by atoms with Crippen molar-refractivity contribution < 1.29 is 14.3 Å². The van der Waals surface area contributed by atoms with Gasteiger partial charge < -0.3 is 14.8 Å². The molecule has 0 unspecified atom stereocenters. The Bertz CT molecular complexity index is 902. The fraction of sp³-hybridized carbons (Fsp3) is 0.150. The van der Waals surface area contributed by atoms with Crippen molar-refractivity contribution in [3.05, 3.63) is 71.2 Å². The topological polar surface area (TPSA) is 73.3 Å². The first-order valence-corrected chi connectivity index (χ1v) is 8.69. The van der Waals surface area contributed by atoms with Crippen LogP contribution in [0.25, 0.3) is 11.3 Å². The molecule has 0 bridgehead atoms. The van der Waals surface area contributed by atoms with E-state index in [9.17, 15) is 4.79 Å². The Hall–Kier alpha value is -3.12. The van der Waals surface area contributed by atoms with Gasteiger partial charge in [0, 0.05) is 16.7 Å². The van der Waals surface area contributed by atoms with Crippen molar-refractivity contribution in [2.75, 3.05) is 20.3 Å². The van der Waals surface area contributed by atoms with Gasteiger partial charge in [0.1, 0.15) is 12.4 Å². The van der Waals surface area contributed by atoms with Crippen molar-refractivity contribution >= 4 is 17.5 Å². The first-order valence-electron chi connectivity index (χ1n) is 8.31. The molecule has 1 heterocycles. The highest BCUT2D eigenvalue weighted by molar-refractivity contribution is 6.31. The molecule has 27 heavy (non-hydrogen) atoms. The molecule has 3 aromatic rings. The number of aromatic nitrogens is 2. The van der Waals surface area contributed by atoms with Crippen molar-refractivity contribution in [1.82, 2.24) is 15.5 Å². The van der Waals surface area contributed by atoms with E-state index in [1.807, 2.05) is 36.4 Å². The van der Waals surface area contributed by atoms with Crippen molar-refractivity contribution in [3.8, 4) is 22.9 Å². The molecule has 138 valence electrons. The molecule has 0 saturated heterocycles. The normalized spacial score (nSPS) is 10.3. The van der Waals surface area contributed by atoms with E-state index >= 15 is 0 Å². The van der Waals surface area contributed by atoms with Crippen LogP contribution in [0.1, 0.15) is 10.4 Å². The molecule has 0 aliphatic rings. The summed E-state index contributed by atoms with van der Waals surface area (Å²) >= 11 is 5.94. The molecule has 0 spiro atoms. The summed E-state index contributed by atoms with van der Waals surface area (Å²) in [5.74, 6) is 0.563. The summed E-state index contributed by atoms with van der Waals surface area (Å²) in [4.78, 5) is 12.3. The summed E-state index contributed by atoms with van der Waals surface area (Å²) in [5.41, 5.74) is 2.13. The molecule has 1 aromatic heterocycles. The summed E-state index contributed by atoms with van der Waals surface area (Å²) in [6.45, 7) is 0.560. The van der Waals surface area contributed by atoms with E-state index in [1.54, 1.807) is 24.3 Å². The number of amides is 1. The fourth-order valence-electron chi connectivity index (χ4n) is 2.43. The molecular weight excluding hydrogens is 366 g/mol. The second kappa shape index (κ2) is 9.00. The summed E-state index contributed by atoms with van der Waals surface area (Å²) < 4.78 is 10.7. The molecule has 0 aliphatic heterocycles. The summed E-state index contributed by atoms with van der Waals surface area (Å²) in [5, 5.41) is 11.4. The average molecular weight is 384 g/mol. The monoisotopic (exact) mass is 383 g/mol. The number of methoxy groups -OCH3 is 1. The first-order chi connectivity index (χ1) is 13.2. The molecule has 7 heteroatoms. The van der Waals surface area contributed by atoms with Gasteiger partial charge in [-0.25, -0.2) is 0 Å². The number of carbonyl (C=O) groups excluding carboxylic acids is 1. The number of hydrogen-bond acceptors (Lipinski definition) is 5. The third-order valence-electron chi connectivity index (χ3n) is 3.75. The first kappa shape index (κ1) is 18.7. The van der Waals surface area contributed by atoms with Gasteiger partial charge in [-0.15, -0.1) is 10.2 Å². The summed E-state index contributed by atoms with van der Waals surface area (Å²) in [7, 11) is 1.50. The van der Waals surface area contributed by atoms with Crippen LogP contribution in [0.5, 0.6) is 11.6 Å². The Balaban J connectivity index is 1.50. The zero-order valence-electron chi connectivity index (χ0n) is 14.7. The molecule has 0 radical (unpaired) electrons. The Morgan fingerprint density at radius 2 is 1.89 bits per heavy atom. The van der Waals surface area contributed by atoms with Gasteiger partial charge in [-0.05, 0) is 24.3 Å². The van der Waals surface area contributed by atoms with Crippen LogP contribution < -0.4 is 14.8 Å². The molecule has 6 nitrogen and oxygen atoms in total. The van der Waals surface area contributed by atoms with E-state index < -0.39 is 0 Å². The van der Waals surface area contributed by atoms with Crippen LogP contribution in [0.15, 0.2) is 60.7 Å². The van der Waals surface area contributed by atoms with E-state index in [0.29, 0.717) is 28.8 Å². The molecule has 0 saturated carbocycles. The van der Waals surface area contributed by atoms with Crippen LogP contribution in [0.2, 0.25) is 5.02 Å². The molecule has 0 atom stereocenters. The smallest absolute Gasteiger partial charge is 0.255 e. The predicted octanol–water partition coefficient (Wildman–Crippen LogP) is 3.61.